The van der Waals surface area contributed by atoms with Crippen molar-refractivity contribution >= 4 is 34.9 Å². The number of aromatic nitrogens is 2. The second-order valence-corrected chi connectivity index (χ2v) is 8.32. The summed E-state index contributed by atoms with van der Waals surface area (Å²) in [6, 6.07) is 10.9. The van der Waals surface area contributed by atoms with Crippen LogP contribution in [0.4, 0.5) is 0 Å². The average Bonchev–Trinajstić information content (AvgIpc) is 2.94. The summed E-state index contributed by atoms with van der Waals surface area (Å²) in [5.41, 5.74) is 2.68. The third kappa shape index (κ3) is 5.34. The maximum Gasteiger partial charge on any atom is 0.175 e. The van der Waals surface area contributed by atoms with Gasteiger partial charge in [-0.2, -0.15) is 5.26 Å². The summed E-state index contributed by atoms with van der Waals surface area (Å²) in [5.74, 6) is 2.27. The van der Waals surface area contributed by atoms with Crippen molar-refractivity contribution < 1.29 is 0 Å². The molecule has 110 valence electrons. The molecule has 0 bridgehead atoms. The van der Waals surface area contributed by atoms with E-state index in [2.05, 4.69) is 54.4 Å². The molecule has 2 aromatic rings. The maximum atomic E-state index is 8.51. The Labute approximate surface area is 138 Å². The molecule has 0 amide bonds. The summed E-state index contributed by atoms with van der Waals surface area (Å²) in [6.45, 7) is 4.41. The van der Waals surface area contributed by atoms with Crippen LogP contribution in [0.5, 0.6) is 0 Å². The molecule has 0 atom stereocenters. The topological polar surface area (TPSA) is 49.6 Å². The molecule has 21 heavy (non-hydrogen) atoms. The van der Waals surface area contributed by atoms with Gasteiger partial charge < -0.3 is 0 Å². The van der Waals surface area contributed by atoms with Crippen LogP contribution in [0, 0.1) is 11.3 Å². The number of benzene rings is 1. The van der Waals surface area contributed by atoms with E-state index >= 15 is 0 Å². The van der Waals surface area contributed by atoms with E-state index < -0.39 is 0 Å². The third-order valence-electron chi connectivity index (χ3n) is 2.84. The second kappa shape index (κ2) is 8.42. The lowest BCUT2D eigenvalue weighted by Crippen LogP contribution is -1.87. The SMILES string of the molecule is CC(C)c1ccc(CSc2nnc(SCCC#N)s2)cc1. The molecule has 0 spiro atoms. The molecule has 0 aliphatic heterocycles. The van der Waals surface area contributed by atoms with Crippen LogP contribution in [0.25, 0.3) is 0 Å². The summed E-state index contributed by atoms with van der Waals surface area (Å²) in [5, 5.41) is 16.8. The standard InChI is InChI=1S/C15H17N3S3/c1-11(2)13-6-4-12(5-7-13)10-20-15-18-17-14(21-15)19-9-3-8-16/h4-7,11H,3,9-10H2,1-2H3. The van der Waals surface area contributed by atoms with Gasteiger partial charge in [-0.25, -0.2) is 0 Å². The second-order valence-electron chi connectivity index (χ2n) is 4.78. The maximum absolute atomic E-state index is 8.51. The first kappa shape index (κ1) is 16.3. The molecule has 0 aliphatic carbocycles. The first-order valence-corrected chi connectivity index (χ1v) is 9.52. The average molecular weight is 336 g/mol. The van der Waals surface area contributed by atoms with Gasteiger partial charge in [0.2, 0.25) is 0 Å². The fourth-order valence-corrected chi connectivity index (χ4v) is 4.53. The lowest BCUT2D eigenvalue weighted by molar-refractivity contribution is 0.866. The van der Waals surface area contributed by atoms with Crippen LogP contribution in [0.1, 0.15) is 37.3 Å². The number of nitrogens with zero attached hydrogens (tertiary/aromatic N) is 3. The molecule has 0 radical (unpaired) electrons. The summed E-state index contributed by atoms with van der Waals surface area (Å²) < 4.78 is 1.94. The van der Waals surface area contributed by atoms with Gasteiger partial charge in [0.1, 0.15) is 0 Å². The van der Waals surface area contributed by atoms with Gasteiger partial charge in [-0.15, -0.1) is 10.2 Å². The normalized spacial score (nSPS) is 10.8. The van der Waals surface area contributed by atoms with E-state index in [4.69, 9.17) is 5.26 Å². The molecule has 0 saturated carbocycles. The minimum atomic E-state index is 0.551. The number of rotatable bonds is 7. The van der Waals surface area contributed by atoms with Crippen molar-refractivity contribution in [3.05, 3.63) is 35.4 Å². The van der Waals surface area contributed by atoms with Crippen molar-refractivity contribution in [3.8, 4) is 6.07 Å². The molecule has 0 saturated heterocycles. The van der Waals surface area contributed by atoms with Crippen molar-refractivity contribution in [1.29, 1.82) is 5.26 Å². The van der Waals surface area contributed by atoms with Gasteiger partial charge in [0.15, 0.2) is 8.68 Å². The van der Waals surface area contributed by atoms with Gasteiger partial charge in [-0.3, -0.25) is 0 Å². The van der Waals surface area contributed by atoms with Crippen molar-refractivity contribution in [2.24, 2.45) is 0 Å². The Kier molecular flexibility index (Phi) is 6.55. The molecule has 2 rings (SSSR count). The van der Waals surface area contributed by atoms with Crippen LogP contribution in [-0.4, -0.2) is 16.0 Å². The number of thioether (sulfide) groups is 2. The van der Waals surface area contributed by atoms with Gasteiger partial charge in [-0.1, -0.05) is 73.0 Å². The van der Waals surface area contributed by atoms with Crippen molar-refractivity contribution in [2.75, 3.05) is 5.75 Å². The number of hydrogen-bond acceptors (Lipinski definition) is 6. The van der Waals surface area contributed by atoms with E-state index in [1.165, 1.54) is 11.1 Å². The zero-order valence-corrected chi connectivity index (χ0v) is 14.5. The van der Waals surface area contributed by atoms with E-state index in [-0.39, 0.29) is 0 Å². The van der Waals surface area contributed by atoms with Gasteiger partial charge in [0.25, 0.3) is 0 Å². The summed E-state index contributed by atoms with van der Waals surface area (Å²) in [4.78, 5) is 0. The highest BCUT2D eigenvalue weighted by molar-refractivity contribution is 8.02. The summed E-state index contributed by atoms with van der Waals surface area (Å²) >= 11 is 4.92. The van der Waals surface area contributed by atoms with E-state index in [0.29, 0.717) is 12.3 Å². The predicted octanol–water partition coefficient (Wildman–Crippen LogP) is 4.96. The zero-order chi connectivity index (χ0) is 15.1. The first-order valence-electron chi connectivity index (χ1n) is 6.74. The molecule has 1 aromatic heterocycles. The summed E-state index contributed by atoms with van der Waals surface area (Å²) in [7, 11) is 0. The minimum absolute atomic E-state index is 0.551. The Morgan fingerprint density at radius 3 is 2.43 bits per heavy atom. The molecule has 1 aromatic carbocycles. The van der Waals surface area contributed by atoms with Crippen molar-refractivity contribution in [3.63, 3.8) is 0 Å². The van der Waals surface area contributed by atoms with Crippen LogP contribution in [-0.2, 0) is 5.75 Å². The van der Waals surface area contributed by atoms with Crippen LogP contribution in [0.2, 0.25) is 0 Å². The minimum Gasteiger partial charge on any atom is -0.198 e. The van der Waals surface area contributed by atoms with Crippen molar-refractivity contribution in [2.45, 2.75) is 40.6 Å². The molecule has 1 heterocycles. The molecule has 0 fully saturated rings. The van der Waals surface area contributed by atoms with Crippen LogP contribution in [0.15, 0.2) is 32.9 Å². The third-order valence-corrected chi connectivity index (χ3v) is 6.10. The van der Waals surface area contributed by atoms with E-state index in [9.17, 15) is 0 Å². The smallest absolute Gasteiger partial charge is 0.175 e. The lowest BCUT2D eigenvalue weighted by atomic mass is 10.0. The Bertz CT molecular complexity index is 599. The highest BCUT2D eigenvalue weighted by atomic mass is 32.2. The molecule has 6 heteroatoms. The number of hydrogen-bond donors (Lipinski definition) is 0. The zero-order valence-electron chi connectivity index (χ0n) is 12.1. The quantitative estimate of drug-likeness (QED) is 0.529. The van der Waals surface area contributed by atoms with Gasteiger partial charge in [-0.05, 0) is 17.0 Å². The van der Waals surface area contributed by atoms with Gasteiger partial charge in [0.05, 0.1) is 6.07 Å². The van der Waals surface area contributed by atoms with Gasteiger partial charge in [0, 0.05) is 17.9 Å². The lowest BCUT2D eigenvalue weighted by Gasteiger charge is -2.05. The Morgan fingerprint density at radius 2 is 1.81 bits per heavy atom. The molecule has 0 N–H and O–H groups in total. The fourth-order valence-electron chi connectivity index (χ4n) is 1.64. The van der Waals surface area contributed by atoms with E-state index in [1.807, 2.05) is 0 Å². The largest absolute Gasteiger partial charge is 0.198 e. The van der Waals surface area contributed by atoms with Crippen LogP contribution in [0.3, 0.4) is 0 Å². The molecule has 3 nitrogen and oxygen atoms in total. The Balaban J connectivity index is 1.84. The monoisotopic (exact) mass is 335 g/mol. The van der Waals surface area contributed by atoms with E-state index in [0.717, 1.165) is 20.2 Å². The molecule has 0 aliphatic rings. The Morgan fingerprint density at radius 1 is 1.14 bits per heavy atom. The van der Waals surface area contributed by atoms with Gasteiger partial charge >= 0.3 is 0 Å². The predicted molar refractivity (Wildman–Crippen MR) is 91.0 cm³/mol. The van der Waals surface area contributed by atoms with E-state index in [1.54, 1.807) is 34.9 Å². The molecular weight excluding hydrogens is 318 g/mol. The fraction of sp³-hybridized carbons (Fsp3) is 0.400. The van der Waals surface area contributed by atoms with Crippen LogP contribution >= 0.6 is 34.9 Å². The van der Waals surface area contributed by atoms with Crippen LogP contribution < -0.4 is 0 Å². The highest BCUT2D eigenvalue weighted by Gasteiger charge is 2.06. The summed E-state index contributed by atoms with van der Waals surface area (Å²) in [6.07, 6.45) is 0.551. The molecular formula is C15H17N3S3. The first-order chi connectivity index (χ1) is 10.2. The molecule has 0 unspecified atom stereocenters. The van der Waals surface area contributed by atoms with Crippen molar-refractivity contribution in [1.82, 2.24) is 10.2 Å². The Hall–Kier alpha value is -1.03. The number of nitriles is 1. The highest BCUT2D eigenvalue weighted by Crippen LogP contribution is 2.31.